The van der Waals surface area contributed by atoms with Gasteiger partial charge in [0.2, 0.25) is 0 Å². The van der Waals surface area contributed by atoms with Crippen molar-refractivity contribution >= 4 is 39.3 Å². The number of nitrogens with one attached hydrogen (secondary N) is 1. The second-order valence-corrected chi connectivity index (χ2v) is 7.12. The van der Waals surface area contributed by atoms with Crippen LogP contribution in [0.4, 0.5) is 5.69 Å². The number of hydrogen-bond donors (Lipinski definition) is 2. The van der Waals surface area contributed by atoms with Crippen LogP contribution in [0.5, 0.6) is 0 Å². The van der Waals surface area contributed by atoms with Crippen LogP contribution in [-0.4, -0.2) is 63.6 Å². The van der Waals surface area contributed by atoms with Gasteiger partial charge in [0.15, 0.2) is 5.65 Å². The van der Waals surface area contributed by atoms with E-state index in [1.807, 2.05) is 34.7 Å². The van der Waals surface area contributed by atoms with Crippen molar-refractivity contribution in [3.05, 3.63) is 48.2 Å². The molecule has 1 saturated heterocycles. The summed E-state index contributed by atoms with van der Waals surface area (Å²) in [5.41, 5.74) is 5.97. The van der Waals surface area contributed by atoms with Crippen LogP contribution < -0.4 is 10.4 Å². The molecule has 5 rings (SSSR count). The molecule has 0 spiro atoms. The van der Waals surface area contributed by atoms with Crippen molar-refractivity contribution in [2.75, 3.05) is 38.1 Å². The van der Waals surface area contributed by atoms with Gasteiger partial charge < -0.3 is 9.80 Å². The lowest BCUT2D eigenvalue weighted by Gasteiger charge is -2.34. The Morgan fingerprint density at radius 3 is 2.68 bits per heavy atom. The first-order chi connectivity index (χ1) is 13.7. The molecule has 0 radical (unpaired) electrons. The van der Waals surface area contributed by atoms with Crippen molar-refractivity contribution in [2.24, 2.45) is 0 Å². The number of imidazole rings is 1. The fourth-order valence-electron chi connectivity index (χ4n) is 3.95. The monoisotopic (exact) mass is 376 g/mol. The quantitative estimate of drug-likeness (QED) is 0.411. The van der Waals surface area contributed by atoms with Gasteiger partial charge in [0, 0.05) is 43.4 Å². The molecular formula is C20H20N6O2. The number of benzene rings is 1. The van der Waals surface area contributed by atoms with E-state index in [-0.39, 0.29) is 0 Å². The first kappa shape index (κ1) is 16.9. The molecular weight excluding hydrogens is 356 g/mol. The molecule has 0 unspecified atom stereocenters. The Labute approximate surface area is 161 Å². The molecule has 3 aromatic heterocycles. The lowest BCUT2D eigenvalue weighted by Crippen LogP contribution is -2.44. The zero-order valence-electron chi connectivity index (χ0n) is 15.5. The van der Waals surface area contributed by atoms with E-state index in [1.165, 1.54) is 0 Å². The zero-order chi connectivity index (χ0) is 19.3. The van der Waals surface area contributed by atoms with E-state index in [1.54, 1.807) is 17.7 Å². The van der Waals surface area contributed by atoms with Gasteiger partial charge in [-0.25, -0.2) is 15.4 Å². The van der Waals surface area contributed by atoms with E-state index in [0.717, 1.165) is 53.9 Å². The number of piperazine rings is 1. The summed E-state index contributed by atoms with van der Waals surface area (Å²) in [6.45, 7) is 3.76. The minimum absolute atomic E-state index is 0.314. The van der Waals surface area contributed by atoms with E-state index >= 15 is 0 Å². The van der Waals surface area contributed by atoms with Gasteiger partial charge in [-0.1, -0.05) is 12.1 Å². The molecule has 1 amide bonds. The average molecular weight is 376 g/mol. The van der Waals surface area contributed by atoms with E-state index in [2.05, 4.69) is 26.8 Å². The Morgan fingerprint density at radius 1 is 1.11 bits per heavy atom. The summed E-state index contributed by atoms with van der Waals surface area (Å²) >= 11 is 0. The van der Waals surface area contributed by atoms with Gasteiger partial charge >= 0.3 is 0 Å². The summed E-state index contributed by atoms with van der Waals surface area (Å²) in [4.78, 5) is 26.3. The number of anilines is 1. The van der Waals surface area contributed by atoms with Crippen LogP contribution in [0.3, 0.4) is 0 Å². The van der Waals surface area contributed by atoms with Crippen LogP contribution in [0.25, 0.3) is 27.7 Å². The highest BCUT2D eigenvalue weighted by molar-refractivity contribution is 6.07. The maximum Gasteiger partial charge on any atom is 0.278 e. The van der Waals surface area contributed by atoms with E-state index in [9.17, 15) is 10.0 Å². The van der Waals surface area contributed by atoms with E-state index in [4.69, 9.17) is 0 Å². The van der Waals surface area contributed by atoms with Crippen LogP contribution in [0.2, 0.25) is 0 Å². The first-order valence-corrected chi connectivity index (χ1v) is 9.24. The standard InChI is InChI=1S/C20H20N6O2/c1-24-8-10-25(11-9-24)16-6-7-21-18-13(16)12-14(20(27)23-28)19-22-15-4-2-3-5-17(15)26(18)19/h2-7,12,28H,8-11H2,1H3,(H,23,27). The lowest BCUT2D eigenvalue weighted by molar-refractivity contribution is 0.0708. The molecule has 4 heterocycles. The second-order valence-electron chi connectivity index (χ2n) is 7.12. The van der Waals surface area contributed by atoms with Crippen molar-refractivity contribution in [3.63, 3.8) is 0 Å². The lowest BCUT2D eigenvalue weighted by atomic mass is 10.1. The Morgan fingerprint density at radius 2 is 1.89 bits per heavy atom. The number of rotatable bonds is 2. The molecule has 1 aliphatic heterocycles. The number of likely N-dealkylation sites (N-methyl/N-ethyl adjacent to an activating group) is 1. The van der Waals surface area contributed by atoms with Crippen molar-refractivity contribution in [3.8, 4) is 0 Å². The Hall–Kier alpha value is -3.23. The van der Waals surface area contributed by atoms with Gasteiger partial charge in [-0.2, -0.15) is 0 Å². The van der Waals surface area contributed by atoms with Gasteiger partial charge in [0.05, 0.1) is 16.6 Å². The highest BCUT2D eigenvalue weighted by atomic mass is 16.5. The molecule has 1 aliphatic rings. The molecule has 28 heavy (non-hydrogen) atoms. The maximum absolute atomic E-state index is 12.4. The van der Waals surface area contributed by atoms with Crippen molar-refractivity contribution in [2.45, 2.75) is 0 Å². The van der Waals surface area contributed by atoms with Crippen LogP contribution in [0.1, 0.15) is 10.4 Å². The van der Waals surface area contributed by atoms with Gasteiger partial charge in [-0.15, -0.1) is 0 Å². The van der Waals surface area contributed by atoms with Crippen LogP contribution in [0.15, 0.2) is 42.6 Å². The Kier molecular flexibility index (Phi) is 3.88. The van der Waals surface area contributed by atoms with Crippen LogP contribution in [0, 0.1) is 0 Å². The normalized spacial score (nSPS) is 15.6. The van der Waals surface area contributed by atoms with Crippen LogP contribution >= 0.6 is 0 Å². The number of amides is 1. The SMILES string of the molecule is CN1CCN(c2ccnc3c2cc(C(=O)NO)c2nc4ccccc4n23)CC1. The number of nitrogens with zero attached hydrogens (tertiary/aromatic N) is 5. The molecule has 1 fully saturated rings. The number of carbonyl (C=O) groups is 1. The van der Waals surface area contributed by atoms with Crippen molar-refractivity contribution in [1.82, 2.24) is 24.7 Å². The summed E-state index contributed by atoms with van der Waals surface area (Å²) in [5, 5.41) is 10.1. The highest BCUT2D eigenvalue weighted by Gasteiger charge is 2.22. The number of aromatic nitrogens is 3. The summed E-state index contributed by atoms with van der Waals surface area (Å²) < 4.78 is 1.90. The second kappa shape index (κ2) is 6.43. The van der Waals surface area contributed by atoms with Gasteiger partial charge in [0.25, 0.3) is 5.91 Å². The molecule has 4 aromatic rings. The summed E-state index contributed by atoms with van der Waals surface area (Å²) in [6, 6.07) is 11.5. The fraction of sp³-hybridized carbons (Fsp3) is 0.250. The molecule has 0 atom stereocenters. The topological polar surface area (TPSA) is 86.0 Å². The van der Waals surface area contributed by atoms with E-state index in [0.29, 0.717) is 11.2 Å². The third kappa shape index (κ3) is 2.49. The Balaban J connectivity index is 1.85. The summed E-state index contributed by atoms with van der Waals surface area (Å²) in [7, 11) is 2.12. The van der Waals surface area contributed by atoms with Gasteiger partial charge in [0.1, 0.15) is 5.65 Å². The largest absolute Gasteiger partial charge is 0.368 e. The van der Waals surface area contributed by atoms with Gasteiger partial charge in [-0.3, -0.25) is 14.4 Å². The molecule has 8 nitrogen and oxygen atoms in total. The average Bonchev–Trinajstić information content (AvgIpc) is 3.12. The summed E-state index contributed by atoms with van der Waals surface area (Å²) in [5.74, 6) is -0.588. The smallest absolute Gasteiger partial charge is 0.278 e. The number of fused-ring (bicyclic) bond motifs is 5. The maximum atomic E-state index is 12.4. The van der Waals surface area contributed by atoms with E-state index < -0.39 is 5.91 Å². The van der Waals surface area contributed by atoms with Crippen molar-refractivity contribution in [1.29, 1.82) is 0 Å². The first-order valence-electron chi connectivity index (χ1n) is 9.24. The predicted octanol–water partition coefficient (Wildman–Crippen LogP) is 1.91. The molecule has 0 bridgehead atoms. The number of hydroxylamine groups is 1. The molecule has 142 valence electrons. The van der Waals surface area contributed by atoms with Crippen molar-refractivity contribution < 1.29 is 10.0 Å². The molecule has 2 N–H and O–H groups in total. The molecule has 0 saturated carbocycles. The highest BCUT2D eigenvalue weighted by Crippen LogP contribution is 2.31. The Bertz CT molecular complexity index is 1210. The molecule has 0 aliphatic carbocycles. The van der Waals surface area contributed by atoms with Gasteiger partial charge in [-0.05, 0) is 31.3 Å². The molecule has 1 aromatic carbocycles. The molecule has 8 heteroatoms. The number of carbonyl (C=O) groups excluding carboxylic acids is 1. The number of pyridine rings is 2. The third-order valence-corrected chi connectivity index (χ3v) is 5.44. The van der Waals surface area contributed by atoms with Crippen LogP contribution in [-0.2, 0) is 0 Å². The predicted molar refractivity (Wildman–Crippen MR) is 107 cm³/mol. The summed E-state index contributed by atoms with van der Waals surface area (Å²) in [6.07, 6.45) is 1.80. The minimum atomic E-state index is -0.588. The fourth-order valence-corrected chi connectivity index (χ4v) is 3.95. The number of para-hydroxylation sites is 2. The minimum Gasteiger partial charge on any atom is -0.368 e. The third-order valence-electron chi connectivity index (χ3n) is 5.44. The zero-order valence-corrected chi connectivity index (χ0v) is 15.5. The number of hydrogen-bond acceptors (Lipinski definition) is 6.